The Morgan fingerprint density at radius 1 is 1.07 bits per heavy atom. The highest BCUT2D eigenvalue weighted by atomic mass is 19.4. The number of nitrogens with one attached hydrogen (secondary N) is 2. The van der Waals surface area contributed by atoms with Gasteiger partial charge in [-0.1, -0.05) is 0 Å². The third-order valence-electron chi connectivity index (χ3n) is 6.33. The number of ether oxygens (including phenoxy) is 4. The van der Waals surface area contributed by atoms with Gasteiger partial charge in [-0.3, -0.25) is 14.5 Å². The van der Waals surface area contributed by atoms with E-state index in [1.165, 1.54) is 43.4 Å². The summed E-state index contributed by atoms with van der Waals surface area (Å²) in [6, 6.07) is 8.44. The van der Waals surface area contributed by atoms with Crippen LogP contribution in [0.4, 0.5) is 23.2 Å². The van der Waals surface area contributed by atoms with Gasteiger partial charge in [0.15, 0.2) is 41.1 Å². The Labute approximate surface area is 231 Å². The molecule has 0 radical (unpaired) electrons. The Hall–Kier alpha value is -4.59. The van der Waals surface area contributed by atoms with Crippen LogP contribution in [0, 0.1) is 5.82 Å². The number of anilines is 1. The maximum absolute atomic E-state index is 15.1. The Kier molecular flexibility index (Phi) is 7.83. The predicted octanol–water partition coefficient (Wildman–Crippen LogP) is 5.11. The van der Waals surface area contributed by atoms with Gasteiger partial charge in [0.05, 0.1) is 32.0 Å². The first-order valence-corrected chi connectivity index (χ1v) is 12.4. The van der Waals surface area contributed by atoms with E-state index in [0.29, 0.717) is 47.7 Å². The van der Waals surface area contributed by atoms with E-state index in [0.717, 1.165) is 6.07 Å². The number of carbonyl (C=O) groups is 1. The molecule has 0 aliphatic carbocycles. The zero-order chi connectivity index (χ0) is 29.1. The van der Waals surface area contributed by atoms with Crippen LogP contribution >= 0.6 is 0 Å². The van der Waals surface area contributed by atoms with Crippen LogP contribution in [0.1, 0.15) is 23.0 Å². The molecule has 4 aromatic rings. The van der Waals surface area contributed by atoms with Crippen molar-refractivity contribution in [1.82, 2.24) is 20.1 Å². The molecule has 1 aliphatic rings. The molecule has 1 saturated heterocycles. The number of methoxy groups -OCH3 is 2. The summed E-state index contributed by atoms with van der Waals surface area (Å²) in [6.07, 6.45) is -1.17. The van der Waals surface area contributed by atoms with E-state index in [1.54, 1.807) is 18.2 Å². The normalized spacial score (nSPS) is 15.1. The summed E-state index contributed by atoms with van der Waals surface area (Å²) in [5, 5.41) is 10.3. The van der Waals surface area contributed by atoms with Crippen molar-refractivity contribution in [2.45, 2.75) is 18.6 Å². The number of alkyl halides is 3. The predicted molar refractivity (Wildman–Crippen MR) is 140 cm³/mol. The van der Waals surface area contributed by atoms with Crippen molar-refractivity contribution in [1.29, 1.82) is 0 Å². The fraction of sp³-hybridized carbons (Fsp3) is 0.296. The molecule has 0 spiro atoms. The van der Waals surface area contributed by atoms with Gasteiger partial charge in [-0.05, 0) is 37.2 Å². The van der Waals surface area contributed by atoms with Crippen molar-refractivity contribution in [3.8, 4) is 28.7 Å². The lowest BCUT2D eigenvalue weighted by Gasteiger charge is -2.13. The number of benzene rings is 2. The smallest absolute Gasteiger partial charge is 0.422 e. The first kappa shape index (κ1) is 28.0. The molecule has 1 fully saturated rings. The Morgan fingerprint density at radius 3 is 2.54 bits per heavy atom. The number of halogens is 4. The van der Waals surface area contributed by atoms with Crippen LogP contribution in [-0.4, -0.2) is 60.8 Å². The lowest BCUT2D eigenvalue weighted by atomic mass is 10.2. The van der Waals surface area contributed by atoms with E-state index in [1.807, 2.05) is 0 Å². The molecule has 2 N–H and O–H groups in total. The van der Waals surface area contributed by atoms with Crippen LogP contribution in [0.5, 0.6) is 28.7 Å². The van der Waals surface area contributed by atoms with Gasteiger partial charge in [-0.25, -0.2) is 4.39 Å². The summed E-state index contributed by atoms with van der Waals surface area (Å²) in [7, 11) is 2.98. The standard InChI is InChI=1S/C27H25F4N5O5/c1-38-22-10-17-19(11-23(22)39-2)33-8-6-20(17)41-21-4-3-15(9-18(21)28)34-26(37)25-24(40-14-27(29,30)31)13-36(35-25)16-5-7-32-12-16/h3-4,6,8-11,13,16,32H,5,7,12,14H2,1-2H3,(H,34,37). The minimum atomic E-state index is -4.61. The zero-order valence-corrected chi connectivity index (χ0v) is 21.9. The minimum Gasteiger partial charge on any atom is -0.493 e. The summed E-state index contributed by atoms with van der Waals surface area (Å²) < 4.78 is 76.2. The lowest BCUT2D eigenvalue weighted by molar-refractivity contribution is -0.153. The lowest BCUT2D eigenvalue weighted by Crippen LogP contribution is -2.21. The number of hydrogen-bond donors (Lipinski definition) is 2. The van der Waals surface area contributed by atoms with Crippen molar-refractivity contribution < 1.29 is 41.3 Å². The van der Waals surface area contributed by atoms with E-state index in [4.69, 9.17) is 18.9 Å². The zero-order valence-electron chi connectivity index (χ0n) is 21.9. The summed E-state index contributed by atoms with van der Waals surface area (Å²) >= 11 is 0. The van der Waals surface area contributed by atoms with E-state index >= 15 is 4.39 Å². The second-order valence-corrected chi connectivity index (χ2v) is 9.11. The Morgan fingerprint density at radius 2 is 1.85 bits per heavy atom. The summed E-state index contributed by atoms with van der Waals surface area (Å²) in [6.45, 7) is -0.346. The van der Waals surface area contributed by atoms with Crippen LogP contribution in [0.15, 0.2) is 48.8 Å². The monoisotopic (exact) mass is 575 g/mol. The van der Waals surface area contributed by atoms with Gasteiger partial charge in [-0.2, -0.15) is 18.3 Å². The molecule has 3 heterocycles. The van der Waals surface area contributed by atoms with Crippen LogP contribution in [0.2, 0.25) is 0 Å². The van der Waals surface area contributed by atoms with E-state index in [-0.39, 0.29) is 28.9 Å². The van der Waals surface area contributed by atoms with Crippen molar-refractivity contribution in [2.24, 2.45) is 0 Å². The Balaban J connectivity index is 1.36. The van der Waals surface area contributed by atoms with Crippen molar-refractivity contribution in [3.63, 3.8) is 0 Å². The third kappa shape index (κ3) is 6.27. The van der Waals surface area contributed by atoms with E-state index < -0.39 is 24.5 Å². The number of aromatic nitrogens is 3. The largest absolute Gasteiger partial charge is 0.493 e. The average molecular weight is 576 g/mol. The van der Waals surface area contributed by atoms with Crippen molar-refractivity contribution in [3.05, 3.63) is 60.3 Å². The number of nitrogens with zero attached hydrogens (tertiary/aromatic N) is 3. The van der Waals surface area contributed by atoms with Gasteiger partial charge >= 0.3 is 6.18 Å². The van der Waals surface area contributed by atoms with Crippen LogP contribution in [-0.2, 0) is 0 Å². The molecule has 1 atom stereocenters. The van der Waals surface area contributed by atoms with Crippen molar-refractivity contribution in [2.75, 3.05) is 39.2 Å². The topological polar surface area (TPSA) is 109 Å². The molecule has 1 amide bonds. The second kappa shape index (κ2) is 11.5. The molecule has 1 unspecified atom stereocenters. The summed E-state index contributed by atoms with van der Waals surface area (Å²) in [4.78, 5) is 17.3. The molecule has 0 bridgehead atoms. The number of carbonyl (C=O) groups excluding carboxylic acids is 1. The Bertz CT molecular complexity index is 1570. The number of fused-ring (bicyclic) bond motifs is 1. The van der Waals surface area contributed by atoms with Crippen molar-refractivity contribution >= 4 is 22.5 Å². The molecule has 1 aliphatic heterocycles. The first-order chi connectivity index (χ1) is 19.6. The van der Waals surface area contributed by atoms with Crippen LogP contribution in [0.25, 0.3) is 10.9 Å². The van der Waals surface area contributed by atoms with Crippen LogP contribution < -0.4 is 29.6 Å². The SMILES string of the molecule is COc1cc2nccc(Oc3ccc(NC(=O)c4nn(C5CCNC5)cc4OCC(F)(F)F)cc3F)c2cc1OC. The maximum Gasteiger partial charge on any atom is 0.422 e. The van der Waals surface area contributed by atoms with Gasteiger partial charge in [0.25, 0.3) is 5.91 Å². The highest BCUT2D eigenvalue weighted by molar-refractivity contribution is 6.04. The van der Waals surface area contributed by atoms with E-state index in [9.17, 15) is 18.0 Å². The maximum atomic E-state index is 15.1. The fourth-order valence-electron chi connectivity index (χ4n) is 4.36. The van der Waals surface area contributed by atoms with Gasteiger partial charge in [0.1, 0.15) is 5.75 Å². The molecule has 14 heteroatoms. The molecule has 10 nitrogen and oxygen atoms in total. The molecule has 2 aromatic heterocycles. The van der Waals surface area contributed by atoms with Gasteiger partial charge in [0, 0.05) is 35.9 Å². The average Bonchev–Trinajstić information content (AvgIpc) is 3.63. The molecule has 216 valence electrons. The van der Waals surface area contributed by atoms with E-state index in [2.05, 4.69) is 20.7 Å². The van der Waals surface area contributed by atoms with Gasteiger partial charge < -0.3 is 29.6 Å². The second-order valence-electron chi connectivity index (χ2n) is 9.11. The first-order valence-electron chi connectivity index (χ1n) is 12.4. The van der Waals surface area contributed by atoms with Crippen LogP contribution in [0.3, 0.4) is 0 Å². The van der Waals surface area contributed by atoms with Gasteiger partial charge in [-0.15, -0.1) is 0 Å². The highest BCUT2D eigenvalue weighted by Gasteiger charge is 2.31. The van der Waals surface area contributed by atoms with Gasteiger partial charge in [0.2, 0.25) is 0 Å². The number of rotatable bonds is 9. The molecular weight excluding hydrogens is 550 g/mol. The minimum absolute atomic E-state index is 0.0321. The number of hydrogen-bond acceptors (Lipinski definition) is 8. The quantitative estimate of drug-likeness (QED) is 0.265. The number of pyridine rings is 1. The molecule has 0 saturated carbocycles. The molecule has 5 rings (SSSR count). The summed E-state index contributed by atoms with van der Waals surface area (Å²) in [5.41, 5.74) is 0.208. The highest BCUT2D eigenvalue weighted by Crippen LogP contribution is 2.37. The third-order valence-corrected chi connectivity index (χ3v) is 6.33. The molecular formula is C27H25F4N5O5. The fourth-order valence-corrected chi connectivity index (χ4v) is 4.36. The molecule has 2 aromatic carbocycles. The summed E-state index contributed by atoms with van der Waals surface area (Å²) in [5.74, 6) is -0.939. The molecule has 41 heavy (non-hydrogen) atoms. The number of amides is 1.